The summed E-state index contributed by atoms with van der Waals surface area (Å²) in [6.45, 7) is 5.27. The van der Waals surface area contributed by atoms with E-state index in [0.717, 1.165) is 29.8 Å². The Morgan fingerprint density at radius 2 is 2.00 bits per heavy atom. The molecule has 0 bridgehead atoms. The van der Waals surface area contributed by atoms with Crippen LogP contribution < -0.4 is 5.32 Å². The SMILES string of the molecule is Cc1cc(C)cc(C2CCNc3c4cccnc4nn32)c1. The summed E-state index contributed by atoms with van der Waals surface area (Å²) in [4.78, 5) is 4.38. The van der Waals surface area contributed by atoms with Crippen LogP contribution in [0.3, 0.4) is 0 Å². The summed E-state index contributed by atoms with van der Waals surface area (Å²) in [5, 5.41) is 9.29. The number of fused-ring (bicyclic) bond motifs is 3. The molecule has 4 rings (SSSR count). The molecular weight excluding hydrogens is 260 g/mol. The average molecular weight is 278 g/mol. The molecule has 0 amide bonds. The number of anilines is 1. The molecule has 1 aliphatic heterocycles. The maximum absolute atomic E-state index is 4.71. The van der Waals surface area contributed by atoms with Crippen molar-refractivity contribution >= 4 is 16.9 Å². The second-order valence-corrected chi connectivity index (χ2v) is 5.82. The van der Waals surface area contributed by atoms with Gasteiger partial charge in [-0.1, -0.05) is 29.3 Å². The standard InChI is InChI=1S/C17H18N4/c1-11-8-12(2)10-13(9-11)15-5-7-19-17-14-4-3-6-18-16(14)20-21(15)17/h3-4,6,8-10,15,19H,5,7H2,1-2H3. The van der Waals surface area contributed by atoms with E-state index in [1.165, 1.54) is 16.7 Å². The number of aromatic nitrogens is 3. The molecule has 4 nitrogen and oxygen atoms in total. The van der Waals surface area contributed by atoms with E-state index in [-0.39, 0.29) is 6.04 Å². The number of benzene rings is 1. The molecule has 0 saturated carbocycles. The summed E-state index contributed by atoms with van der Waals surface area (Å²) >= 11 is 0. The summed E-state index contributed by atoms with van der Waals surface area (Å²) < 4.78 is 2.11. The first kappa shape index (κ1) is 12.4. The van der Waals surface area contributed by atoms with Crippen molar-refractivity contribution < 1.29 is 0 Å². The lowest BCUT2D eigenvalue weighted by Gasteiger charge is -2.26. The van der Waals surface area contributed by atoms with Crippen LogP contribution in [0.2, 0.25) is 0 Å². The third-order valence-corrected chi connectivity index (χ3v) is 4.11. The van der Waals surface area contributed by atoms with Crippen LogP contribution in [0.25, 0.3) is 11.0 Å². The van der Waals surface area contributed by atoms with E-state index in [9.17, 15) is 0 Å². The highest BCUT2D eigenvalue weighted by molar-refractivity contribution is 5.87. The molecule has 0 aliphatic carbocycles. The summed E-state index contributed by atoms with van der Waals surface area (Å²) in [5.74, 6) is 1.09. The first-order valence-corrected chi connectivity index (χ1v) is 7.38. The van der Waals surface area contributed by atoms with Crippen molar-refractivity contribution in [2.24, 2.45) is 0 Å². The monoisotopic (exact) mass is 278 g/mol. The molecule has 1 unspecified atom stereocenters. The van der Waals surface area contributed by atoms with Crippen molar-refractivity contribution in [2.75, 3.05) is 11.9 Å². The number of nitrogens with zero attached hydrogens (tertiary/aromatic N) is 3. The smallest absolute Gasteiger partial charge is 0.183 e. The number of nitrogens with one attached hydrogen (secondary N) is 1. The summed E-state index contributed by atoms with van der Waals surface area (Å²) in [6.07, 6.45) is 2.84. The van der Waals surface area contributed by atoms with Crippen molar-refractivity contribution in [1.82, 2.24) is 14.8 Å². The van der Waals surface area contributed by atoms with Gasteiger partial charge in [0.25, 0.3) is 0 Å². The highest BCUT2D eigenvalue weighted by Crippen LogP contribution is 2.34. The summed E-state index contributed by atoms with van der Waals surface area (Å²) in [6, 6.07) is 11.1. The van der Waals surface area contributed by atoms with E-state index >= 15 is 0 Å². The molecule has 4 heteroatoms. The number of pyridine rings is 1. The largest absolute Gasteiger partial charge is 0.370 e. The third kappa shape index (κ3) is 1.98. The molecular formula is C17H18N4. The van der Waals surface area contributed by atoms with Gasteiger partial charge in [0, 0.05) is 12.7 Å². The van der Waals surface area contributed by atoms with Crippen LogP contribution in [0.4, 0.5) is 5.82 Å². The molecule has 3 heterocycles. The molecule has 0 radical (unpaired) electrons. The van der Waals surface area contributed by atoms with E-state index in [0.29, 0.717) is 0 Å². The molecule has 1 aliphatic rings. The van der Waals surface area contributed by atoms with Gasteiger partial charge in [-0.05, 0) is 38.0 Å². The maximum Gasteiger partial charge on any atom is 0.183 e. The van der Waals surface area contributed by atoms with Crippen molar-refractivity contribution in [3.05, 3.63) is 53.2 Å². The molecule has 21 heavy (non-hydrogen) atoms. The van der Waals surface area contributed by atoms with E-state index < -0.39 is 0 Å². The van der Waals surface area contributed by atoms with E-state index in [4.69, 9.17) is 5.10 Å². The molecule has 106 valence electrons. The number of hydrogen-bond acceptors (Lipinski definition) is 3. The zero-order chi connectivity index (χ0) is 14.4. The quantitative estimate of drug-likeness (QED) is 0.741. The zero-order valence-electron chi connectivity index (χ0n) is 12.3. The van der Waals surface area contributed by atoms with Gasteiger partial charge in [0.15, 0.2) is 5.65 Å². The molecule has 1 N–H and O–H groups in total. The maximum atomic E-state index is 4.71. The summed E-state index contributed by atoms with van der Waals surface area (Å²) in [7, 11) is 0. The van der Waals surface area contributed by atoms with Crippen LogP contribution in [0, 0.1) is 13.8 Å². The van der Waals surface area contributed by atoms with Crippen LogP contribution in [-0.2, 0) is 0 Å². The molecule has 0 spiro atoms. The fourth-order valence-electron chi connectivity index (χ4n) is 3.30. The first-order chi connectivity index (χ1) is 10.2. The molecule has 1 aromatic carbocycles. The van der Waals surface area contributed by atoms with Gasteiger partial charge in [-0.2, -0.15) is 0 Å². The van der Waals surface area contributed by atoms with E-state index in [1.807, 2.05) is 6.07 Å². The van der Waals surface area contributed by atoms with Gasteiger partial charge in [-0.15, -0.1) is 5.10 Å². The van der Waals surface area contributed by atoms with Crippen LogP contribution in [-0.4, -0.2) is 21.3 Å². The predicted molar refractivity (Wildman–Crippen MR) is 84.7 cm³/mol. The van der Waals surface area contributed by atoms with Crippen LogP contribution in [0.5, 0.6) is 0 Å². The Morgan fingerprint density at radius 1 is 1.19 bits per heavy atom. The predicted octanol–water partition coefficient (Wildman–Crippen LogP) is 3.45. The number of rotatable bonds is 1. The van der Waals surface area contributed by atoms with Crippen molar-refractivity contribution in [3.8, 4) is 0 Å². The normalized spacial score (nSPS) is 17.5. The summed E-state index contributed by atoms with van der Waals surface area (Å²) in [5.41, 5.74) is 4.76. The number of hydrogen-bond donors (Lipinski definition) is 1. The molecule has 2 aromatic heterocycles. The first-order valence-electron chi connectivity index (χ1n) is 7.38. The number of aryl methyl sites for hydroxylation is 2. The third-order valence-electron chi connectivity index (χ3n) is 4.11. The lowest BCUT2D eigenvalue weighted by atomic mass is 9.98. The Balaban J connectivity index is 1.90. The Kier molecular flexibility index (Phi) is 2.70. The Labute approximate surface area is 123 Å². The van der Waals surface area contributed by atoms with Gasteiger partial charge >= 0.3 is 0 Å². The van der Waals surface area contributed by atoms with Gasteiger partial charge in [0.1, 0.15) is 5.82 Å². The average Bonchev–Trinajstić information content (AvgIpc) is 2.84. The highest BCUT2D eigenvalue weighted by Gasteiger charge is 2.25. The minimum atomic E-state index is 0.286. The van der Waals surface area contributed by atoms with Gasteiger partial charge in [0.2, 0.25) is 0 Å². The van der Waals surface area contributed by atoms with Gasteiger partial charge in [-0.25, -0.2) is 9.67 Å². The second-order valence-electron chi connectivity index (χ2n) is 5.82. The van der Waals surface area contributed by atoms with Crippen molar-refractivity contribution in [1.29, 1.82) is 0 Å². The van der Waals surface area contributed by atoms with E-state index in [2.05, 4.69) is 53.1 Å². The van der Waals surface area contributed by atoms with Crippen LogP contribution in [0.15, 0.2) is 36.5 Å². The van der Waals surface area contributed by atoms with Gasteiger partial charge in [0.05, 0.1) is 11.4 Å². The minimum absolute atomic E-state index is 0.286. The molecule has 1 atom stereocenters. The lowest BCUT2D eigenvalue weighted by Crippen LogP contribution is -2.24. The fourth-order valence-corrected chi connectivity index (χ4v) is 3.30. The zero-order valence-corrected chi connectivity index (χ0v) is 12.3. The Bertz CT molecular complexity index is 799. The molecule has 0 saturated heterocycles. The minimum Gasteiger partial charge on any atom is -0.370 e. The highest BCUT2D eigenvalue weighted by atomic mass is 15.4. The molecule has 0 fully saturated rings. The van der Waals surface area contributed by atoms with E-state index in [1.54, 1.807) is 6.20 Å². The Hall–Kier alpha value is -2.36. The molecule has 3 aromatic rings. The van der Waals surface area contributed by atoms with Gasteiger partial charge < -0.3 is 5.32 Å². The Morgan fingerprint density at radius 3 is 2.81 bits per heavy atom. The topological polar surface area (TPSA) is 42.7 Å². The fraction of sp³-hybridized carbons (Fsp3) is 0.294. The van der Waals surface area contributed by atoms with Crippen molar-refractivity contribution in [2.45, 2.75) is 26.3 Å². The van der Waals surface area contributed by atoms with Crippen LogP contribution >= 0.6 is 0 Å². The van der Waals surface area contributed by atoms with Gasteiger partial charge in [-0.3, -0.25) is 0 Å². The van der Waals surface area contributed by atoms with Crippen LogP contribution in [0.1, 0.15) is 29.2 Å². The second kappa shape index (κ2) is 4.58. The van der Waals surface area contributed by atoms with Crippen molar-refractivity contribution in [3.63, 3.8) is 0 Å². The lowest BCUT2D eigenvalue weighted by molar-refractivity contribution is 0.484.